The van der Waals surface area contributed by atoms with Crippen molar-refractivity contribution in [1.82, 2.24) is 0 Å². The monoisotopic (exact) mass is 220 g/mol. The maximum atomic E-state index is 12.9. The molecule has 4 fully saturated rings. The Morgan fingerprint density at radius 3 is 1.50 bits per heavy atom. The summed E-state index contributed by atoms with van der Waals surface area (Å²) >= 11 is 0. The predicted octanol–water partition coefficient (Wildman–Crippen LogP) is 3.66. The third kappa shape index (κ3) is 1.26. The predicted molar refractivity (Wildman–Crippen MR) is 49.9 cm³/mol. The van der Waals surface area contributed by atoms with Crippen LogP contribution in [-0.4, -0.2) is 9.08 Å². The van der Waals surface area contributed by atoms with Crippen LogP contribution >= 0.6 is 0 Å². The summed E-state index contributed by atoms with van der Waals surface area (Å²) in [5, 5.41) is 0. The maximum absolute atomic E-state index is 12.9. The van der Waals surface area contributed by atoms with Crippen LogP contribution < -0.4 is 0 Å². The van der Waals surface area contributed by atoms with Gasteiger partial charge in [0.15, 0.2) is 0 Å². The quantitative estimate of drug-likeness (QED) is 0.467. The van der Waals surface area contributed by atoms with Gasteiger partial charge in [0.25, 0.3) is 0 Å². The van der Waals surface area contributed by atoms with Crippen molar-refractivity contribution in [1.29, 1.82) is 0 Å². The minimum absolute atomic E-state index is 0.0397. The first-order valence-electron chi connectivity index (χ1n) is 5.60. The van der Waals surface area contributed by atoms with Crippen LogP contribution in [0.25, 0.3) is 0 Å². The Bertz CT molecular complexity index is 220. The SMILES string of the molecule is F[Si](F)(F)C1C2CC3CC(C2)CC1C3. The molecule has 0 unspecified atom stereocenters. The zero-order valence-corrected chi connectivity index (χ0v) is 9.06. The Morgan fingerprint density at radius 1 is 0.714 bits per heavy atom. The Balaban J connectivity index is 1.88. The van der Waals surface area contributed by atoms with Crippen molar-refractivity contribution in [3.05, 3.63) is 0 Å². The van der Waals surface area contributed by atoms with Gasteiger partial charge < -0.3 is 0 Å². The van der Waals surface area contributed by atoms with Crippen molar-refractivity contribution in [3.63, 3.8) is 0 Å². The van der Waals surface area contributed by atoms with E-state index in [4.69, 9.17) is 0 Å². The average Bonchev–Trinajstić information content (AvgIpc) is 1.97. The molecule has 0 radical (unpaired) electrons. The highest BCUT2D eigenvalue weighted by molar-refractivity contribution is 6.60. The summed E-state index contributed by atoms with van der Waals surface area (Å²) in [6, 6.07) is 0. The smallest absolute Gasteiger partial charge is 0.237 e. The first-order valence-corrected chi connectivity index (χ1v) is 7.32. The first-order chi connectivity index (χ1) is 6.54. The molecule has 0 amide bonds. The standard InChI is InChI=1S/C10H15F3Si/c11-14(12,13)10-8-2-6-1-7(4-8)5-9(10)3-6/h6-10H,1-5H2. The molecule has 0 aromatic carbocycles. The first kappa shape index (κ1) is 9.25. The van der Waals surface area contributed by atoms with E-state index in [0.717, 1.165) is 25.7 Å². The van der Waals surface area contributed by atoms with Gasteiger partial charge >= 0.3 is 9.08 Å². The topological polar surface area (TPSA) is 0 Å². The van der Waals surface area contributed by atoms with E-state index in [1.165, 1.54) is 6.42 Å². The Hall–Kier alpha value is 0.00688. The lowest BCUT2D eigenvalue weighted by molar-refractivity contribution is 0.00764. The summed E-state index contributed by atoms with van der Waals surface area (Å²) in [5.74, 6) is 1.39. The van der Waals surface area contributed by atoms with Crippen LogP contribution in [0, 0.1) is 23.7 Å². The van der Waals surface area contributed by atoms with Crippen molar-refractivity contribution in [2.75, 3.05) is 0 Å². The van der Waals surface area contributed by atoms with Gasteiger partial charge in [-0.1, -0.05) is 0 Å². The second-order valence-corrected chi connectivity index (χ2v) is 7.25. The van der Waals surface area contributed by atoms with Crippen LogP contribution in [-0.2, 0) is 0 Å². The number of hydrogen-bond donors (Lipinski definition) is 0. The molecule has 0 atom stereocenters. The van der Waals surface area contributed by atoms with Gasteiger partial charge in [-0.25, -0.2) is 12.3 Å². The molecule has 0 aromatic rings. The minimum Gasteiger partial charge on any atom is -0.237 e. The second-order valence-electron chi connectivity index (χ2n) is 5.50. The van der Waals surface area contributed by atoms with Crippen molar-refractivity contribution in [2.45, 2.75) is 37.6 Å². The molecule has 4 bridgehead atoms. The fraction of sp³-hybridized carbons (Fsp3) is 1.00. The van der Waals surface area contributed by atoms with Gasteiger partial charge in [-0.15, -0.1) is 0 Å². The van der Waals surface area contributed by atoms with Gasteiger partial charge in [-0.2, -0.15) is 0 Å². The third-order valence-electron chi connectivity index (χ3n) is 4.60. The molecule has 0 heterocycles. The van der Waals surface area contributed by atoms with Gasteiger partial charge in [0.2, 0.25) is 0 Å². The summed E-state index contributed by atoms with van der Waals surface area (Å²) < 4.78 is 38.8. The van der Waals surface area contributed by atoms with Crippen molar-refractivity contribution in [3.8, 4) is 0 Å². The zero-order valence-electron chi connectivity index (χ0n) is 8.06. The molecule has 0 spiro atoms. The van der Waals surface area contributed by atoms with E-state index >= 15 is 0 Å². The second kappa shape index (κ2) is 2.77. The van der Waals surface area contributed by atoms with E-state index in [2.05, 4.69) is 0 Å². The molecule has 4 rings (SSSR count). The van der Waals surface area contributed by atoms with E-state index in [0.29, 0.717) is 11.8 Å². The largest absolute Gasteiger partial charge is 0.619 e. The lowest BCUT2D eigenvalue weighted by atomic mass is 9.56. The normalized spacial score (nSPS) is 51.2. The molecule has 80 valence electrons. The molecule has 14 heavy (non-hydrogen) atoms. The van der Waals surface area contributed by atoms with Crippen LogP contribution in [0.1, 0.15) is 32.1 Å². The summed E-state index contributed by atoms with van der Waals surface area (Å²) in [7, 11) is -5.36. The molecular formula is C10H15F3Si. The third-order valence-corrected chi connectivity index (χ3v) is 6.30. The molecule has 0 saturated heterocycles. The van der Waals surface area contributed by atoms with Crippen molar-refractivity contribution < 1.29 is 12.3 Å². The van der Waals surface area contributed by atoms with E-state index < -0.39 is 14.6 Å². The van der Waals surface area contributed by atoms with E-state index in [9.17, 15) is 12.3 Å². The highest BCUT2D eigenvalue weighted by atomic mass is 28.5. The molecule has 0 aromatic heterocycles. The van der Waals surface area contributed by atoms with E-state index in [-0.39, 0.29) is 11.8 Å². The van der Waals surface area contributed by atoms with Crippen molar-refractivity contribution in [2.24, 2.45) is 23.7 Å². The molecular weight excluding hydrogens is 205 g/mol. The van der Waals surface area contributed by atoms with Crippen LogP contribution in [0.2, 0.25) is 5.54 Å². The fourth-order valence-corrected chi connectivity index (χ4v) is 6.07. The minimum atomic E-state index is -5.36. The summed E-state index contributed by atoms with van der Waals surface area (Å²) in [4.78, 5) is 0. The Morgan fingerprint density at radius 2 is 1.14 bits per heavy atom. The van der Waals surface area contributed by atoms with Gasteiger partial charge in [0, 0.05) is 5.54 Å². The van der Waals surface area contributed by atoms with Crippen LogP contribution in [0.5, 0.6) is 0 Å². The van der Waals surface area contributed by atoms with Gasteiger partial charge in [0.1, 0.15) is 0 Å². The number of hydrogen-bond acceptors (Lipinski definition) is 0. The number of rotatable bonds is 1. The van der Waals surface area contributed by atoms with Crippen molar-refractivity contribution >= 4 is 9.08 Å². The molecule has 4 heteroatoms. The van der Waals surface area contributed by atoms with Crippen LogP contribution in [0.4, 0.5) is 12.3 Å². The van der Waals surface area contributed by atoms with Gasteiger partial charge in [-0.05, 0) is 55.8 Å². The lowest BCUT2D eigenvalue weighted by Gasteiger charge is -2.54. The van der Waals surface area contributed by atoms with E-state index in [1.54, 1.807) is 0 Å². The highest BCUT2D eigenvalue weighted by Crippen LogP contribution is 2.62. The Kier molecular flexibility index (Phi) is 1.83. The van der Waals surface area contributed by atoms with Crippen LogP contribution in [0.15, 0.2) is 0 Å². The summed E-state index contributed by atoms with van der Waals surface area (Å²) in [6.07, 6.45) is 4.81. The fourth-order valence-electron chi connectivity index (χ4n) is 4.46. The molecule has 0 aliphatic heterocycles. The average molecular weight is 220 g/mol. The molecule has 4 saturated carbocycles. The lowest BCUT2D eigenvalue weighted by Crippen LogP contribution is -2.49. The van der Waals surface area contributed by atoms with Crippen LogP contribution in [0.3, 0.4) is 0 Å². The highest BCUT2D eigenvalue weighted by Gasteiger charge is 2.61. The Labute approximate surface area is 83.4 Å². The molecule has 0 N–H and O–H groups in total. The number of halogens is 3. The maximum Gasteiger partial charge on any atom is 0.619 e. The molecule has 4 aliphatic rings. The van der Waals surface area contributed by atoms with Gasteiger partial charge in [0.05, 0.1) is 0 Å². The summed E-state index contributed by atoms with van der Waals surface area (Å²) in [6.45, 7) is 0. The molecule has 4 aliphatic carbocycles. The molecule has 0 nitrogen and oxygen atoms in total. The van der Waals surface area contributed by atoms with E-state index in [1.807, 2.05) is 0 Å². The summed E-state index contributed by atoms with van der Waals surface area (Å²) in [5.41, 5.74) is -0.810. The van der Waals surface area contributed by atoms with Gasteiger partial charge in [-0.3, -0.25) is 0 Å². The zero-order chi connectivity index (χ0) is 9.92.